The van der Waals surface area contributed by atoms with Gasteiger partial charge in [-0.05, 0) is 38.0 Å². The molecule has 4 nitrogen and oxygen atoms in total. The molecule has 21 heavy (non-hydrogen) atoms. The molecule has 116 valence electrons. The standard InChI is InChI=1S/C14H20N2O2S3/c1-9(2)8-19-14-15-12-6-5-11(7-13(12)20-14)16-21(17,18)10(3)4/h5-7,9-10,16H,8H2,1-4H3. The number of hydrogen-bond donors (Lipinski definition) is 1. The van der Waals surface area contributed by atoms with Gasteiger partial charge in [-0.15, -0.1) is 11.3 Å². The van der Waals surface area contributed by atoms with Crippen LogP contribution in [0, 0.1) is 5.92 Å². The first kappa shape index (κ1) is 16.6. The van der Waals surface area contributed by atoms with Gasteiger partial charge in [0.2, 0.25) is 10.0 Å². The number of benzene rings is 1. The van der Waals surface area contributed by atoms with Crippen molar-refractivity contribution in [2.45, 2.75) is 37.3 Å². The second kappa shape index (κ2) is 6.54. The molecule has 0 saturated heterocycles. The highest BCUT2D eigenvalue weighted by Gasteiger charge is 2.16. The number of nitrogens with one attached hydrogen (secondary N) is 1. The van der Waals surface area contributed by atoms with Gasteiger partial charge in [-0.2, -0.15) is 0 Å². The number of nitrogens with zero attached hydrogens (tertiary/aromatic N) is 1. The highest BCUT2D eigenvalue weighted by atomic mass is 32.2. The summed E-state index contributed by atoms with van der Waals surface area (Å²) in [6.07, 6.45) is 0. The zero-order chi connectivity index (χ0) is 15.6. The second-order valence-corrected chi connectivity index (χ2v) is 10.1. The number of aromatic nitrogens is 1. The highest BCUT2D eigenvalue weighted by Crippen LogP contribution is 2.32. The van der Waals surface area contributed by atoms with Crippen molar-refractivity contribution in [2.24, 2.45) is 5.92 Å². The van der Waals surface area contributed by atoms with Crippen molar-refractivity contribution in [1.82, 2.24) is 4.98 Å². The topological polar surface area (TPSA) is 59.1 Å². The fraction of sp³-hybridized carbons (Fsp3) is 0.500. The van der Waals surface area contributed by atoms with Crippen LogP contribution in [0.25, 0.3) is 10.2 Å². The summed E-state index contributed by atoms with van der Waals surface area (Å²) in [5, 5.41) is -0.452. The smallest absolute Gasteiger partial charge is 0.235 e. The number of sulfonamides is 1. The maximum absolute atomic E-state index is 11.9. The Morgan fingerprint density at radius 1 is 1.29 bits per heavy atom. The van der Waals surface area contributed by atoms with Crippen LogP contribution < -0.4 is 4.72 Å². The Labute approximate surface area is 134 Å². The Hall–Kier alpha value is -0.790. The lowest BCUT2D eigenvalue weighted by Gasteiger charge is -2.10. The molecule has 0 radical (unpaired) electrons. The van der Waals surface area contributed by atoms with Crippen LogP contribution in [0.1, 0.15) is 27.7 Å². The number of fused-ring (bicyclic) bond motifs is 1. The van der Waals surface area contributed by atoms with Crippen LogP contribution in [0.3, 0.4) is 0 Å². The van der Waals surface area contributed by atoms with E-state index in [0.717, 1.165) is 20.3 Å². The monoisotopic (exact) mass is 344 g/mol. The molecule has 0 atom stereocenters. The van der Waals surface area contributed by atoms with Gasteiger partial charge < -0.3 is 0 Å². The summed E-state index contributed by atoms with van der Waals surface area (Å²) in [6, 6.07) is 5.48. The van der Waals surface area contributed by atoms with Crippen molar-refractivity contribution in [3.8, 4) is 0 Å². The minimum atomic E-state index is -3.31. The average Bonchev–Trinajstić information content (AvgIpc) is 2.77. The highest BCUT2D eigenvalue weighted by molar-refractivity contribution is 8.01. The third kappa shape index (κ3) is 4.34. The molecule has 7 heteroatoms. The fourth-order valence-electron chi connectivity index (χ4n) is 1.55. The molecule has 0 bridgehead atoms. The minimum absolute atomic E-state index is 0.452. The van der Waals surface area contributed by atoms with Crippen molar-refractivity contribution in [3.05, 3.63) is 18.2 Å². The third-order valence-corrected chi connectivity index (χ3v) is 7.14. The number of hydrogen-bond acceptors (Lipinski definition) is 5. The van der Waals surface area contributed by atoms with Crippen molar-refractivity contribution in [2.75, 3.05) is 10.5 Å². The Morgan fingerprint density at radius 2 is 2.00 bits per heavy atom. The third-order valence-electron chi connectivity index (χ3n) is 2.79. The molecular formula is C14H20N2O2S3. The molecule has 1 N–H and O–H groups in total. The Morgan fingerprint density at radius 3 is 2.62 bits per heavy atom. The number of rotatable bonds is 6. The summed E-state index contributed by atoms with van der Waals surface area (Å²) in [6.45, 7) is 7.68. The van der Waals surface area contributed by atoms with E-state index >= 15 is 0 Å². The van der Waals surface area contributed by atoms with Gasteiger partial charge in [0.05, 0.1) is 21.2 Å². The summed E-state index contributed by atoms with van der Waals surface area (Å²) < 4.78 is 28.4. The molecule has 0 unspecified atom stereocenters. The predicted octanol–water partition coefficient (Wildman–Crippen LogP) is 4.19. The predicted molar refractivity (Wildman–Crippen MR) is 92.9 cm³/mol. The van der Waals surface area contributed by atoms with Crippen LogP contribution in [0.5, 0.6) is 0 Å². The van der Waals surface area contributed by atoms with Gasteiger partial charge in [0.1, 0.15) is 0 Å². The molecule has 0 amide bonds. The first-order valence-corrected chi connectivity index (χ1v) is 10.2. The molecule has 0 spiro atoms. The van der Waals surface area contributed by atoms with E-state index in [1.165, 1.54) is 0 Å². The van der Waals surface area contributed by atoms with Gasteiger partial charge in [0.15, 0.2) is 4.34 Å². The van der Waals surface area contributed by atoms with Gasteiger partial charge in [0, 0.05) is 5.75 Å². The lowest BCUT2D eigenvalue weighted by Crippen LogP contribution is -2.22. The van der Waals surface area contributed by atoms with E-state index in [2.05, 4.69) is 23.6 Å². The van der Waals surface area contributed by atoms with Crippen molar-refractivity contribution < 1.29 is 8.42 Å². The molecule has 1 aromatic heterocycles. The van der Waals surface area contributed by atoms with Gasteiger partial charge in [-0.1, -0.05) is 25.6 Å². The van der Waals surface area contributed by atoms with Gasteiger partial charge >= 0.3 is 0 Å². The van der Waals surface area contributed by atoms with Crippen molar-refractivity contribution in [3.63, 3.8) is 0 Å². The van der Waals surface area contributed by atoms with Gasteiger partial charge in [0.25, 0.3) is 0 Å². The summed E-state index contributed by atoms with van der Waals surface area (Å²) in [7, 11) is -3.31. The van der Waals surface area contributed by atoms with E-state index in [4.69, 9.17) is 0 Å². The van der Waals surface area contributed by atoms with E-state index in [1.807, 2.05) is 12.1 Å². The maximum atomic E-state index is 11.9. The molecule has 1 aromatic carbocycles. The molecule has 0 fully saturated rings. The van der Waals surface area contributed by atoms with E-state index < -0.39 is 15.3 Å². The average molecular weight is 345 g/mol. The fourth-order valence-corrected chi connectivity index (χ4v) is 4.32. The lowest BCUT2D eigenvalue weighted by atomic mass is 10.3. The molecular weight excluding hydrogens is 324 g/mol. The first-order chi connectivity index (χ1) is 9.78. The van der Waals surface area contributed by atoms with E-state index in [-0.39, 0.29) is 0 Å². The van der Waals surface area contributed by atoms with Crippen molar-refractivity contribution >= 4 is 49.0 Å². The molecule has 0 aliphatic carbocycles. The zero-order valence-corrected chi connectivity index (χ0v) is 15.0. The summed E-state index contributed by atoms with van der Waals surface area (Å²) in [4.78, 5) is 4.56. The Bertz CT molecular complexity index is 721. The van der Waals surface area contributed by atoms with E-state index in [0.29, 0.717) is 11.6 Å². The Kier molecular flexibility index (Phi) is 5.16. The SMILES string of the molecule is CC(C)CSc1nc2ccc(NS(=O)(=O)C(C)C)cc2s1. The van der Waals surface area contributed by atoms with Gasteiger partial charge in [-0.25, -0.2) is 13.4 Å². The van der Waals surface area contributed by atoms with Crippen LogP contribution in [-0.2, 0) is 10.0 Å². The molecule has 0 saturated carbocycles. The van der Waals surface area contributed by atoms with Gasteiger partial charge in [-0.3, -0.25) is 4.72 Å². The van der Waals surface area contributed by atoms with Crippen LogP contribution >= 0.6 is 23.1 Å². The minimum Gasteiger partial charge on any atom is -0.283 e. The van der Waals surface area contributed by atoms with Crippen LogP contribution in [0.4, 0.5) is 5.69 Å². The maximum Gasteiger partial charge on any atom is 0.235 e. The lowest BCUT2D eigenvalue weighted by molar-refractivity contribution is 0.593. The normalized spacial score (nSPS) is 12.5. The van der Waals surface area contributed by atoms with E-state index in [9.17, 15) is 8.42 Å². The van der Waals surface area contributed by atoms with Crippen LogP contribution in [-0.4, -0.2) is 24.4 Å². The van der Waals surface area contributed by atoms with E-state index in [1.54, 1.807) is 43.0 Å². The number of thiazole rings is 1. The number of anilines is 1. The quantitative estimate of drug-likeness (QED) is 0.798. The molecule has 0 aliphatic rings. The largest absolute Gasteiger partial charge is 0.283 e. The first-order valence-electron chi connectivity index (χ1n) is 6.83. The van der Waals surface area contributed by atoms with Crippen LogP contribution in [0.15, 0.2) is 22.5 Å². The summed E-state index contributed by atoms with van der Waals surface area (Å²) in [5.41, 5.74) is 1.51. The summed E-state index contributed by atoms with van der Waals surface area (Å²) in [5.74, 6) is 1.66. The van der Waals surface area contributed by atoms with Crippen molar-refractivity contribution in [1.29, 1.82) is 0 Å². The Balaban J connectivity index is 2.22. The second-order valence-electron chi connectivity index (χ2n) is 5.56. The van der Waals surface area contributed by atoms with Crippen LogP contribution in [0.2, 0.25) is 0 Å². The number of thioether (sulfide) groups is 1. The molecule has 0 aliphatic heterocycles. The molecule has 2 rings (SSSR count). The molecule has 2 aromatic rings. The zero-order valence-electron chi connectivity index (χ0n) is 12.6. The molecule has 1 heterocycles. The summed E-state index contributed by atoms with van der Waals surface area (Å²) >= 11 is 3.35.